The van der Waals surface area contributed by atoms with Crippen LogP contribution in [-0.4, -0.2) is 22.9 Å². The van der Waals surface area contributed by atoms with Gasteiger partial charge in [0.05, 0.1) is 10.5 Å². The van der Waals surface area contributed by atoms with E-state index >= 15 is 0 Å². The molecule has 2 rings (SSSR count). The molecule has 0 aromatic heterocycles. The van der Waals surface area contributed by atoms with E-state index < -0.39 is 4.92 Å². The molecule has 2 unspecified atom stereocenters. The Kier molecular flexibility index (Phi) is 4.72. The first-order valence-corrected chi connectivity index (χ1v) is 7.28. The quantitative estimate of drug-likeness (QED) is 0.651. The first-order chi connectivity index (χ1) is 9.49. The van der Waals surface area contributed by atoms with Crippen LogP contribution >= 0.6 is 15.9 Å². The van der Waals surface area contributed by atoms with E-state index in [1.807, 2.05) is 0 Å². The lowest BCUT2D eigenvalue weighted by atomic mass is 9.91. The Hall–Kier alpha value is -1.47. The number of halogens is 1. The van der Waals surface area contributed by atoms with Gasteiger partial charge in [-0.25, -0.2) is 0 Å². The van der Waals surface area contributed by atoms with Gasteiger partial charge < -0.3 is 11.1 Å². The Morgan fingerprint density at radius 3 is 2.75 bits per heavy atom. The van der Waals surface area contributed by atoms with Crippen LogP contribution in [0.1, 0.15) is 36.0 Å². The van der Waals surface area contributed by atoms with Crippen molar-refractivity contribution < 1.29 is 9.72 Å². The number of rotatable bonds is 3. The van der Waals surface area contributed by atoms with E-state index in [0.29, 0.717) is 4.47 Å². The number of hydrogen-bond donors (Lipinski definition) is 2. The average molecular weight is 342 g/mol. The van der Waals surface area contributed by atoms with Gasteiger partial charge in [-0.3, -0.25) is 14.9 Å². The maximum absolute atomic E-state index is 12.2. The SMILES string of the molecule is NC1CCCCC1NC(=O)c1cc([N+](=O)[O-])ccc1Br. The van der Waals surface area contributed by atoms with E-state index in [0.717, 1.165) is 25.7 Å². The molecule has 1 aromatic carbocycles. The highest BCUT2D eigenvalue weighted by molar-refractivity contribution is 9.10. The lowest BCUT2D eigenvalue weighted by Crippen LogP contribution is -2.49. The number of nitrogens with zero attached hydrogens (tertiary/aromatic N) is 1. The Labute approximate surface area is 125 Å². The van der Waals surface area contributed by atoms with Crippen LogP contribution in [0.5, 0.6) is 0 Å². The number of nitrogens with two attached hydrogens (primary N) is 1. The molecule has 1 saturated carbocycles. The molecule has 2 atom stereocenters. The van der Waals surface area contributed by atoms with Crippen molar-refractivity contribution in [2.24, 2.45) is 5.73 Å². The highest BCUT2D eigenvalue weighted by Gasteiger charge is 2.25. The van der Waals surface area contributed by atoms with Crippen LogP contribution in [0, 0.1) is 10.1 Å². The maximum atomic E-state index is 12.2. The van der Waals surface area contributed by atoms with E-state index in [4.69, 9.17) is 5.73 Å². The largest absolute Gasteiger partial charge is 0.348 e. The van der Waals surface area contributed by atoms with Gasteiger partial charge in [0.1, 0.15) is 0 Å². The van der Waals surface area contributed by atoms with Gasteiger partial charge in [0.25, 0.3) is 11.6 Å². The van der Waals surface area contributed by atoms with Gasteiger partial charge in [0.2, 0.25) is 0 Å². The third-order valence-corrected chi connectivity index (χ3v) is 4.23. The molecule has 20 heavy (non-hydrogen) atoms. The van der Waals surface area contributed by atoms with E-state index in [9.17, 15) is 14.9 Å². The van der Waals surface area contributed by atoms with E-state index in [2.05, 4.69) is 21.2 Å². The zero-order valence-electron chi connectivity index (χ0n) is 10.8. The number of hydrogen-bond acceptors (Lipinski definition) is 4. The van der Waals surface area contributed by atoms with Crippen molar-refractivity contribution in [3.8, 4) is 0 Å². The van der Waals surface area contributed by atoms with Gasteiger partial charge in [-0.15, -0.1) is 0 Å². The zero-order valence-corrected chi connectivity index (χ0v) is 12.4. The summed E-state index contributed by atoms with van der Waals surface area (Å²) in [6.07, 6.45) is 3.85. The predicted octanol–water partition coefficient (Wildman–Crippen LogP) is 2.36. The van der Waals surface area contributed by atoms with Gasteiger partial charge in [0.15, 0.2) is 0 Å². The number of nitro groups is 1. The number of carbonyl (C=O) groups is 1. The molecule has 0 aliphatic heterocycles. The molecule has 6 nitrogen and oxygen atoms in total. The molecule has 1 aliphatic carbocycles. The molecule has 0 saturated heterocycles. The highest BCUT2D eigenvalue weighted by atomic mass is 79.9. The van der Waals surface area contributed by atoms with Crippen LogP contribution < -0.4 is 11.1 Å². The van der Waals surface area contributed by atoms with Crippen LogP contribution in [0.2, 0.25) is 0 Å². The summed E-state index contributed by atoms with van der Waals surface area (Å²) < 4.78 is 0.532. The maximum Gasteiger partial charge on any atom is 0.270 e. The second-order valence-electron chi connectivity index (χ2n) is 4.95. The molecule has 1 amide bonds. The smallest absolute Gasteiger partial charge is 0.270 e. The number of carbonyl (C=O) groups excluding carboxylic acids is 1. The number of nitrogens with one attached hydrogen (secondary N) is 1. The topological polar surface area (TPSA) is 98.3 Å². The van der Waals surface area contributed by atoms with Gasteiger partial charge in [0, 0.05) is 28.7 Å². The molecule has 108 valence electrons. The molecule has 3 N–H and O–H groups in total. The van der Waals surface area contributed by atoms with Gasteiger partial charge >= 0.3 is 0 Å². The van der Waals surface area contributed by atoms with E-state index in [1.165, 1.54) is 18.2 Å². The Morgan fingerprint density at radius 2 is 2.10 bits per heavy atom. The Balaban J connectivity index is 2.16. The fourth-order valence-corrected chi connectivity index (χ4v) is 2.81. The van der Waals surface area contributed by atoms with Crippen molar-refractivity contribution in [3.05, 3.63) is 38.3 Å². The minimum absolute atomic E-state index is 0.0508. The lowest BCUT2D eigenvalue weighted by Gasteiger charge is -2.29. The minimum atomic E-state index is -0.518. The van der Waals surface area contributed by atoms with Gasteiger partial charge in [-0.05, 0) is 34.8 Å². The van der Waals surface area contributed by atoms with Crippen molar-refractivity contribution >= 4 is 27.5 Å². The number of nitro benzene ring substituents is 1. The lowest BCUT2D eigenvalue weighted by molar-refractivity contribution is -0.384. The van der Waals surface area contributed by atoms with Crippen molar-refractivity contribution in [3.63, 3.8) is 0 Å². The summed E-state index contributed by atoms with van der Waals surface area (Å²) >= 11 is 3.25. The Morgan fingerprint density at radius 1 is 1.40 bits per heavy atom. The minimum Gasteiger partial charge on any atom is -0.348 e. The molecule has 0 spiro atoms. The summed E-state index contributed by atoms with van der Waals surface area (Å²) in [4.78, 5) is 22.5. The summed E-state index contributed by atoms with van der Waals surface area (Å²) in [5, 5.41) is 13.6. The number of amides is 1. The highest BCUT2D eigenvalue weighted by Crippen LogP contribution is 2.23. The first kappa shape index (κ1) is 14.9. The molecular formula is C13H16BrN3O3. The summed E-state index contributed by atoms with van der Waals surface area (Å²) in [6.45, 7) is 0. The van der Waals surface area contributed by atoms with Crippen LogP contribution in [-0.2, 0) is 0 Å². The second-order valence-corrected chi connectivity index (χ2v) is 5.80. The molecule has 7 heteroatoms. The first-order valence-electron chi connectivity index (χ1n) is 6.49. The Bertz CT molecular complexity index is 536. The van der Waals surface area contributed by atoms with Crippen molar-refractivity contribution in [1.82, 2.24) is 5.32 Å². The predicted molar refractivity (Wildman–Crippen MR) is 78.5 cm³/mol. The standard InChI is InChI=1S/C13H16BrN3O3/c14-10-6-5-8(17(19)20)7-9(10)13(18)16-12-4-2-1-3-11(12)15/h5-7,11-12H,1-4,15H2,(H,16,18). The molecule has 0 radical (unpaired) electrons. The molecule has 0 heterocycles. The monoisotopic (exact) mass is 341 g/mol. The van der Waals surface area contributed by atoms with E-state index in [-0.39, 0.29) is 29.2 Å². The van der Waals surface area contributed by atoms with Crippen LogP contribution in [0.4, 0.5) is 5.69 Å². The number of non-ortho nitro benzene ring substituents is 1. The second kappa shape index (κ2) is 6.32. The fraction of sp³-hybridized carbons (Fsp3) is 0.462. The third-order valence-electron chi connectivity index (χ3n) is 3.54. The molecule has 0 bridgehead atoms. The average Bonchev–Trinajstić information content (AvgIpc) is 2.41. The molecule has 1 fully saturated rings. The molecule has 1 aliphatic rings. The van der Waals surface area contributed by atoms with Crippen LogP contribution in [0.15, 0.2) is 22.7 Å². The van der Waals surface area contributed by atoms with E-state index in [1.54, 1.807) is 0 Å². The summed E-state index contributed by atoms with van der Waals surface area (Å²) in [7, 11) is 0. The molecular weight excluding hydrogens is 326 g/mol. The van der Waals surface area contributed by atoms with Gasteiger partial charge in [-0.1, -0.05) is 12.8 Å². The van der Waals surface area contributed by atoms with Crippen LogP contribution in [0.25, 0.3) is 0 Å². The van der Waals surface area contributed by atoms with Gasteiger partial charge in [-0.2, -0.15) is 0 Å². The third kappa shape index (κ3) is 3.34. The van der Waals surface area contributed by atoms with Crippen LogP contribution in [0.3, 0.4) is 0 Å². The summed E-state index contributed by atoms with van der Waals surface area (Å²) in [6, 6.07) is 4.02. The summed E-state index contributed by atoms with van der Waals surface area (Å²) in [5.74, 6) is -0.331. The zero-order chi connectivity index (χ0) is 14.7. The van der Waals surface area contributed by atoms with Crippen molar-refractivity contribution in [2.75, 3.05) is 0 Å². The van der Waals surface area contributed by atoms with Crippen molar-refractivity contribution in [2.45, 2.75) is 37.8 Å². The number of benzene rings is 1. The summed E-state index contributed by atoms with van der Waals surface area (Å²) in [5.41, 5.74) is 6.14. The fourth-order valence-electron chi connectivity index (χ4n) is 2.39. The molecule has 1 aromatic rings. The normalized spacial score (nSPS) is 22.3. The van der Waals surface area contributed by atoms with Crippen molar-refractivity contribution in [1.29, 1.82) is 0 Å².